The highest BCUT2D eigenvalue weighted by atomic mass is 35.5. The van der Waals surface area contributed by atoms with Crippen molar-refractivity contribution in [3.8, 4) is 0 Å². The molecule has 1 aromatic carbocycles. The molecule has 0 amide bonds. The topological polar surface area (TPSA) is 76.8 Å². The number of nitrogens with zero attached hydrogens (tertiary/aromatic N) is 2. The number of benzene rings is 1. The Morgan fingerprint density at radius 1 is 1.38 bits per heavy atom. The molecular weight excluding hydrogens is 442 g/mol. The summed E-state index contributed by atoms with van der Waals surface area (Å²) in [5.74, 6) is 0. The van der Waals surface area contributed by atoms with Gasteiger partial charge in [0.2, 0.25) is 0 Å². The van der Waals surface area contributed by atoms with Crippen molar-refractivity contribution in [1.82, 2.24) is 25.2 Å². The molecule has 0 spiro atoms. The van der Waals surface area contributed by atoms with Crippen molar-refractivity contribution in [3.63, 3.8) is 0 Å². The highest BCUT2D eigenvalue weighted by Gasteiger charge is 2.26. The van der Waals surface area contributed by atoms with E-state index in [-0.39, 0.29) is 5.56 Å². The third-order valence-electron chi connectivity index (χ3n) is 6.14. The van der Waals surface area contributed by atoms with E-state index in [9.17, 15) is 4.79 Å². The number of rotatable bonds is 6. The number of H-pyrrole nitrogens is 2. The minimum Gasteiger partial charge on any atom is -0.371 e. The van der Waals surface area contributed by atoms with Crippen LogP contribution < -0.4 is 21.4 Å². The summed E-state index contributed by atoms with van der Waals surface area (Å²) in [5, 5.41) is 6.74. The number of fused-ring (bicyclic) bond motifs is 1. The van der Waals surface area contributed by atoms with Crippen LogP contribution in [0, 0.1) is 0 Å². The van der Waals surface area contributed by atoms with Crippen LogP contribution in [0.1, 0.15) is 26.5 Å². The van der Waals surface area contributed by atoms with Gasteiger partial charge in [0.25, 0.3) is 5.56 Å². The smallest absolute Gasteiger partial charge is 0.258 e. The van der Waals surface area contributed by atoms with Crippen LogP contribution in [0.4, 0.5) is 0 Å². The van der Waals surface area contributed by atoms with Crippen molar-refractivity contribution in [1.29, 1.82) is 0 Å². The van der Waals surface area contributed by atoms with E-state index in [0.717, 1.165) is 56.2 Å². The number of likely N-dealkylation sites (N-methyl/N-ethyl adjacent to an activating group) is 1. The van der Waals surface area contributed by atoms with Crippen LogP contribution in [0.25, 0.3) is 22.2 Å². The van der Waals surface area contributed by atoms with Gasteiger partial charge in [-0.1, -0.05) is 36.9 Å². The van der Waals surface area contributed by atoms with Gasteiger partial charge in [-0.2, -0.15) is 0 Å². The highest BCUT2D eigenvalue weighted by Crippen LogP contribution is 2.31. The zero-order valence-electron chi connectivity index (χ0n) is 18.8. The lowest BCUT2D eigenvalue weighted by molar-refractivity contribution is 0.207. The molecule has 3 aromatic rings. The molecule has 32 heavy (non-hydrogen) atoms. The van der Waals surface area contributed by atoms with Crippen LogP contribution in [0.2, 0.25) is 5.02 Å². The van der Waals surface area contributed by atoms with Crippen molar-refractivity contribution in [2.24, 2.45) is 0 Å². The first kappa shape index (κ1) is 22.7. The van der Waals surface area contributed by atoms with Gasteiger partial charge in [0.05, 0.1) is 27.6 Å². The van der Waals surface area contributed by atoms with Crippen molar-refractivity contribution in [3.05, 3.63) is 67.6 Å². The normalized spacial score (nSPS) is 16.2. The van der Waals surface area contributed by atoms with Crippen molar-refractivity contribution in [2.45, 2.75) is 38.1 Å². The van der Waals surface area contributed by atoms with E-state index in [1.54, 1.807) is 0 Å². The standard InChI is InChI=1S/C24H28ClN5OS/c1-6-19-22(25)21(14(3)30-10-16(11-30)26-5)23(29-19)13(2)15(4)32-17-7-8-20-18(9-17)24(31)28-12-27-20/h7-9,12,16,26,29H,4,6,10-11H2,1-3,5H3,(H,27,28,31)/b21-14+,23-13?. The third-order valence-corrected chi connectivity index (χ3v) is 7.60. The fourth-order valence-electron chi connectivity index (χ4n) is 3.96. The number of aryl methyl sites for hydroxylation is 1. The molecule has 0 bridgehead atoms. The van der Waals surface area contributed by atoms with Gasteiger partial charge in [0.1, 0.15) is 0 Å². The number of aromatic nitrogens is 3. The summed E-state index contributed by atoms with van der Waals surface area (Å²) in [6, 6.07) is 6.20. The molecule has 0 aliphatic carbocycles. The van der Waals surface area contributed by atoms with Gasteiger partial charge in [0.15, 0.2) is 0 Å². The number of halogens is 1. The van der Waals surface area contributed by atoms with E-state index >= 15 is 0 Å². The Hall–Kier alpha value is -2.48. The van der Waals surface area contributed by atoms with Crippen LogP contribution in [0.5, 0.6) is 0 Å². The lowest BCUT2D eigenvalue weighted by atomic mass is 10.1. The van der Waals surface area contributed by atoms with E-state index in [4.69, 9.17) is 11.6 Å². The minimum absolute atomic E-state index is 0.144. The van der Waals surface area contributed by atoms with Gasteiger partial charge < -0.3 is 20.2 Å². The summed E-state index contributed by atoms with van der Waals surface area (Å²) in [6.45, 7) is 12.6. The van der Waals surface area contributed by atoms with Gasteiger partial charge in [-0.25, -0.2) is 4.98 Å². The monoisotopic (exact) mass is 469 g/mol. The Bertz CT molecular complexity index is 1370. The highest BCUT2D eigenvalue weighted by molar-refractivity contribution is 8.03. The maximum absolute atomic E-state index is 12.1. The lowest BCUT2D eigenvalue weighted by Gasteiger charge is -2.41. The van der Waals surface area contributed by atoms with Gasteiger partial charge in [0, 0.05) is 45.5 Å². The number of hydrogen-bond acceptors (Lipinski definition) is 5. The van der Waals surface area contributed by atoms with Crippen LogP contribution in [0.15, 0.2) is 45.7 Å². The summed E-state index contributed by atoms with van der Waals surface area (Å²) < 4.78 is 0. The lowest BCUT2D eigenvalue weighted by Crippen LogP contribution is -2.56. The van der Waals surface area contributed by atoms with Gasteiger partial charge >= 0.3 is 0 Å². The second-order valence-electron chi connectivity index (χ2n) is 8.06. The molecule has 8 heteroatoms. The number of hydrogen-bond donors (Lipinski definition) is 3. The first-order chi connectivity index (χ1) is 15.3. The molecule has 6 nitrogen and oxygen atoms in total. The molecule has 1 aliphatic heterocycles. The van der Waals surface area contributed by atoms with E-state index in [2.05, 4.69) is 52.5 Å². The average molecular weight is 470 g/mol. The molecule has 1 fully saturated rings. The number of likely N-dealkylation sites (tertiary alicyclic amines) is 1. The van der Waals surface area contributed by atoms with Gasteiger partial charge in [-0.15, -0.1) is 0 Å². The molecule has 3 N–H and O–H groups in total. The third kappa shape index (κ3) is 4.12. The van der Waals surface area contributed by atoms with Crippen molar-refractivity contribution in [2.75, 3.05) is 20.1 Å². The molecule has 1 aliphatic rings. The Kier molecular flexibility index (Phi) is 6.51. The largest absolute Gasteiger partial charge is 0.371 e. The maximum Gasteiger partial charge on any atom is 0.258 e. The zero-order valence-corrected chi connectivity index (χ0v) is 20.4. The molecule has 1 saturated heterocycles. The molecule has 168 valence electrons. The Balaban J connectivity index is 1.75. The summed E-state index contributed by atoms with van der Waals surface area (Å²) in [5.41, 5.74) is 3.77. The van der Waals surface area contributed by atoms with Gasteiger partial charge in [-0.3, -0.25) is 4.79 Å². The number of aromatic amines is 2. The van der Waals surface area contributed by atoms with E-state index in [1.165, 1.54) is 23.8 Å². The van der Waals surface area contributed by atoms with Crippen LogP contribution in [-0.4, -0.2) is 46.0 Å². The summed E-state index contributed by atoms with van der Waals surface area (Å²) in [6.07, 6.45) is 2.25. The van der Waals surface area contributed by atoms with Crippen LogP contribution >= 0.6 is 23.4 Å². The number of allylic oxidation sites excluding steroid dienone is 1. The Morgan fingerprint density at radius 2 is 2.12 bits per heavy atom. The summed E-state index contributed by atoms with van der Waals surface area (Å²) in [7, 11) is 2.00. The van der Waals surface area contributed by atoms with Crippen LogP contribution in [0.3, 0.4) is 0 Å². The molecule has 3 heterocycles. The Labute approximate surface area is 196 Å². The maximum atomic E-state index is 12.1. The minimum atomic E-state index is -0.144. The first-order valence-corrected chi connectivity index (χ1v) is 11.9. The van der Waals surface area contributed by atoms with Crippen molar-refractivity contribution >= 4 is 45.5 Å². The molecular formula is C24H28ClN5OS. The van der Waals surface area contributed by atoms with Crippen LogP contribution in [-0.2, 0) is 6.42 Å². The van der Waals surface area contributed by atoms with E-state index < -0.39 is 0 Å². The second kappa shape index (κ2) is 9.17. The molecule has 2 aromatic heterocycles. The summed E-state index contributed by atoms with van der Waals surface area (Å²) in [4.78, 5) is 26.7. The molecule has 0 unspecified atom stereocenters. The predicted octanol–water partition coefficient (Wildman–Crippen LogP) is 2.98. The fraction of sp³-hybridized carbons (Fsp3) is 0.333. The fourth-order valence-corrected chi connectivity index (χ4v) is 5.22. The molecule has 4 rings (SSSR count). The van der Waals surface area contributed by atoms with Crippen molar-refractivity contribution < 1.29 is 0 Å². The molecule has 0 radical (unpaired) electrons. The number of nitrogens with one attached hydrogen (secondary N) is 3. The second-order valence-corrected chi connectivity index (χ2v) is 9.60. The Morgan fingerprint density at radius 3 is 2.81 bits per heavy atom. The number of thioether (sulfide) groups is 1. The summed E-state index contributed by atoms with van der Waals surface area (Å²) >= 11 is 8.36. The SMILES string of the molecule is C=C(Sc1ccc2nc[nH]c(=O)c2c1)C(C)=c1[nH]c(CC)c(Cl)/c1=C(/C)N1CC(NC)C1. The molecule has 0 saturated carbocycles. The molecule has 0 atom stereocenters. The average Bonchev–Trinajstić information content (AvgIpc) is 3.09. The van der Waals surface area contributed by atoms with E-state index in [0.29, 0.717) is 16.9 Å². The zero-order chi connectivity index (χ0) is 23.0. The quantitative estimate of drug-likeness (QED) is 0.484. The first-order valence-electron chi connectivity index (χ1n) is 10.7. The van der Waals surface area contributed by atoms with E-state index in [1.807, 2.05) is 25.2 Å². The van der Waals surface area contributed by atoms with Gasteiger partial charge in [-0.05, 0) is 51.1 Å². The predicted molar refractivity (Wildman–Crippen MR) is 134 cm³/mol.